The molecule has 2 atom stereocenters. The molecule has 0 spiro atoms. The van der Waals surface area contributed by atoms with Crippen LogP contribution in [0.5, 0.6) is 11.5 Å². The number of fused-ring (bicyclic) bond motifs is 3. The van der Waals surface area contributed by atoms with Crippen molar-refractivity contribution < 1.29 is 40.8 Å². The molecule has 6 heteroatoms. The van der Waals surface area contributed by atoms with Crippen LogP contribution in [0.25, 0.3) is 0 Å². The number of phenolic OH excluding ortho intramolecular Hbond substituents is 1. The van der Waals surface area contributed by atoms with Crippen molar-refractivity contribution in [2.24, 2.45) is 5.92 Å². The molecule has 1 aromatic carbocycles. The molecule has 1 aliphatic carbocycles. The molecular weight excluding hydrogens is 554 g/mol. The molecule has 222 valence electrons. The fraction of sp³-hybridized carbons (Fsp3) is 0.727. The van der Waals surface area contributed by atoms with Crippen LogP contribution in [-0.4, -0.2) is 53.9 Å². The van der Waals surface area contributed by atoms with Gasteiger partial charge in [0.15, 0.2) is 6.54 Å². The van der Waals surface area contributed by atoms with Crippen LogP contribution in [0.1, 0.15) is 117 Å². The summed E-state index contributed by atoms with van der Waals surface area (Å²) in [6, 6.07) is 4.16. The van der Waals surface area contributed by atoms with E-state index in [1.165, 1.54) is 25.7 Å². The minimum atomic E-state index is -0.340. The second-order valence-corrected chi connectivity index (χ2v) is 12.9. The molecule has 0 aromatic heterocycles. The maximum absolute atomic E-state index is 12.7. The maximum atomic E-state index is 12.7. The Balaban J connectivity index is 0.00000533. The maximum Gasteiger partial charge on any atom is 0.362 e. The molecule has 0 saturated heterocycles. The second kappa shape index (κ2) is 13.9. The van der Waals surface area contributed by atoms with E-state index < -0.39 is 0 Å². The Bertz CT molecular complexity index is 987. The number of aromatic hydroxyl groups is 1. The second-order valence-electron chi connectivity index (χ2n) is 12.9. The highest BCUT2D eigenvalue weighted by Gasteiger charge is 2.46. The van der Waals surface area contributed by atoms with Crippen LogP contribution in [0.4, 0.5) is 0 Å². The van der Waals surface area contributed by atoms with E-state index in [1.54, 1.807) is 0 Å². The van der Waals surface area contributed by atoms with Crippen LogP contribution in [-0.2, 0) is 14.9 Å². The van der Waals surface area contributed by atoms with E-state index >= 15 is 0 Å². The van der Waals surface area contributed by atoms with Gasteiger partial charge >= 0.3 is 5.97 Å². The van der Waals surface area contributed by atoms with Gasteiger partial charge in [-0.15, -0.1) is 0 Å². The van der Waals surface area contributed by atoms with E-state index in [0.717, 1.165) is 65.8 Å². The molecule has 0 amide bonds. The van der Waals surface area contributed by atoms with Gasteiger partial charge in [0.05, 0.1) is 19.6 Å². The predicted molar refractivity (Wildman–Crippen MR) is 156 cm³/mol. The van der Waals surface area contributed by atoms with Crippen molar-refractivity contribution in [3.05, 3.63) is 34.9 Å². The van der Waals surface area contributed by atoms with Gasteiger partial charge in [-0.3, -0.25) is 0 Å². The Kier molecular flexibility index (Phi) is 12.0. The first-order valence-electron chi connectivity index (χ1n) is 15.2. The minimum absolute atomic E-state index is 0. The van der Waals surface area contributed by atoms with Gasteiger partial charge in [0, 0.05) is 17.4 Å². The first-order chi connectivity index (χ1) is 17.9. The number of quaternary nitrogens is 1. The molecule has 3 rings (SSSR count). The number of carbonyl (C=O) groups excluding carboxylic acids is 1. The van der Waals surface area contributed by atoms with E-state index in [9.17, 15) is 9.90 Å². The fourth-order valence-corrected chi connectivity index (χ4v) is 6.61. The van der Waals surface area contributed by atoms with Gasteiger partial charge in [0.2, 0.25) is 0 Å². The van der Waals surface area contributed by atoms with Crippen LogP contribution in [0.2, 0.25) is 0 Å². The summed E-state index contributed by atoms with van der Waals surface area (Å²) in [6.07, 6.45) is 9.90. The number of likely N-dealkylation sites (N-methyl/N-ethyl adjacent to an activating group) is 1. The number of ether oxygens (including phenoxy) is 2. The molecule has 2 aliphatic rings. The Morgan fingerprint density at radius 2 is 1.77 bits per heavy atom. The lowest BCUT2D eigenvalue weighted by Gasteiger charge is -2.47. The summed E-state index contributed by atoms with van der Waals surface area (Å²) in [6.45, 7) is 21.1. The number of nitrogens with zero attached hydrogens (tertiary/aromatic N) is 1. The standard InChI is InChI=1S/C33H53NO4.BrH/c1-9-13-14-15-18-32(5,6)25-20-28(35)31-26-19-24(16-17-27(26)33(7,8)38-29(31)21-25)23-37-30(36)22-34(10-2,11-3)12-4;/h16,20-21,26-27H,9-15,17-19,22-23H2,1-8H3;1H/t26-,27?;/m0./s1. The van der Waals surface area contributed by atoms with Gasteiger partial charge in [-0.1, -0.05) is 52.5 Å². The highest BCUT2D eigenvalue weighted by atomic mass is 79.9. The number of hydrogen-bond donors (Lipinski definition) is 1. The number of hydrogen-bond acceptors (Lipinski definition) is 4. The topological polar surface area (TPSA) is 55.8 Å². The minimum Gasteiger partial charge on any atom is -1.00 e. The van der Waals surface area contributed by atoms with Crippen molar-refractivity contribution in [2.45, 2.75) is 117 Å². The smallest absolute Gasteiger partial charge is 0.362 e. The van der Waals surface area contributed by atoms with E-state index in [0.29, 0.717) is 18.9 Å². The van der Waals surface area contributed by atoms with E-state index in [1.807, 2.05) is 6.07 Å². The molecule has 5 nitrogen and oxygen atoms in total. The molecular formula is C33H54BrNO4. The third-order valence-electron chi connectivity index (χ3n) is 9.72. The average Bonchev–Trinajstić information content (AvgIpc) is 2.88. The summed E-state index contributed by atoms with van der Waals surface area (Å²) in [5.74, 6) is 1.45. The van der Waals surface area contributed by atoms with Crippen LogP contribution in [0.3, 0.4) is 0 Å². The SMILES string of the molecule is CCCCCCC(C)(C)c1cc(O)c2c(c1)OC(C)(C)C1CC=C(COC(=O)C[N+](CC)(CC)CC)C[C@H]21.[Br-]. The van der Waals surface area contributed by atoms with Gasteiger partial charge in [-0.25, -0.2) is 4.79 Å². The number of unbranched alkanes of at least 4 members (excludes halogenated alkanes) is 3. The summed E-state index contributed by atoms with van der Waals surface area (Å²) >= 11 is 0. The Morgan fingerprint density at radius 3 is 2.38 bits per heavy atom. The molecule has 0 fully saturated rings. The molecule has 0 bridgehead atoms. The zero-order valence-corrected chi connectivity index (χ0v) is 27.5. The quantitative estimate of drug-likeness (QED) is 0.153. The Hall–Kier alpha value is -1.53. The van der Waals surface area contributed by atoms with E-state index in [-0.39, 0.29) is 45.8 Å². The van der Waals surface area contributed by atoms with Crippen molar-refractivity contribution in [2.75, 3.05) is 32.8 Å². The Labute approximate surface area is 248 Å². The highest BCUT2D eigenvalue weighted by Crippen LogP contribution is 2.55. The molecule has 0 saturated carbocycles. The van der Waals surface area contributed by atoms with Crippen molar-refractivity contribution >= 4 is 5.97 Å². The number of esters is 1. The van der Waals surface area contributed by atoms with Crippen molar-refractivity contribution in [3.63, 3.8) is 0 Å². The van der Waals surface area contributed by atoms with Crippen molar-refractivity contribution in [3.8, 4) is 11.5 Å². The monoisotopic (exact) mass is 607 g/mol. The molecule has 1 aliphatic heterocycles. The summed E-state index contributed by atoms with van der Waals surface area (Å²) in [5.41, 5.74) is 2.85. The molecule has 1 unspecified atom stereocenters. The molecule has 1 aromatic rings. The van der Waals surface area contributed by atoms with Gasteiger partial charge in [-0.05, 0) is 82.6 Å². The van der Waals surface area contributed by atoms with Crippen LogP contribution in [0.15, 0.2) is 23.8 Å². The molecule has 1 N–H and O–H groups in total. The lowest BCUT2D eigenvalue weighted by Crippen LogP contribution is -3.00. The zero-order chi connectivity index (χ0) is 28.1. The summed E-state index contributed by atoms with van der Waals surface area (Å²) in [4.78, 5) is 12.7. The molecule has 1 heterocycles. The summed E-state index contributed by atoms with van der Waals surface area (Å²) < 4.78 is 13.1. The average molecular weight is 609 g/mol. The molecule has 39 heavy (non-hydrogen) atoms. The largest absolute Gasteiger partial charge is 1.00 e. The normalized spacial score (nSPS) is 20.2. The number of carbonyl (C=O) groups is 1. The summed E-state index contributed by atoms with van der Waals surface area (Å²) in [5, 5.41) is 11.3. The van der Waals surface area contributed by atoms with Crippen molar-refractivity contribution in [1.82, 2.24) is 0 Å². The number of phenols is 1. The van der Waals surface area contributed by atoms with Gasteiger partial charge in [0.25, 0.3) is 0 Å². The fourth-order valence-electron chi connectivity index (χ4n) is 6.61. The van der Waals surface area contributed by atoms with Gasteiger partial charge < -0.3 is 36.0 Å². The third kappa shape index (κ3) is 7.81. The van der Waals surface area contributed by atoms with Crippen LogP contribution >= 0.6 is 0 Å². The van der Waals surface area contributed by atoms with Gasteiger partial charge in [-0.2, -0.15) is 0 Å². The highest BCUT2D eigenvalue weighted by molar-refractivity contribution is 5.70. The first kappa shape index (κ1) is 33.7. The number of allylic oxidation sites excluding steroid dienone is 1. The summed E-state index contributed by atoms with van der Waals surface area (Å²) in [7, 11) is 0. The van der Waals surface area contributed by atoms with Crippen LogP contribution < -0.4 is 21.7 Å². The van der Waals surface area contributed by atoms with Gasteiger partial charge in [0.1, 0.15) is 23.7 Å². The number of benzene rings is 1. The van der Waals surface area contributed by atoms with Crippen molar-refractivity contribution in [1.29, 1.82) is 0 Å². The third-order valence-corrected chi connectivity index (χ3v) is 9.72. The lowest BCUT2D eigenvalue weighted by molar-refractivity contribution is -0.916. The lowest BCUT2D eigenvalue weighted by atomic mass is 9.66. The van der Waals surface area contributed by atoms with E-state index in [2.05, 4.69) is 67.5 Å². The predicted octanol–water partition coefficient (Wildman–Crippen LogP) is 4.65. The van der Waals surface area contributed by atoms with Crippen LogP contribution in [0, 0.1) is 5.92 Å². The first-order valence-corrected chi connectivity index (χ1v) is 15.2. The number of rotatable bonds is 13. The van der Waals surface area contributed by atoms with E-state index in [4.69, 9.17) is 9.47 Å². The zero-order valence-electron chi connectivity index (χ0n) is 25.9. The number of halogens is 1. The molecule has 0 radical (unpaired) electrons. The Morgan fingerprint density at radius 1 is 1.10 bits per heavy atom.